The van der Waals surface area contributed by atoms with Crippen LogP contribution >= 0.6 is 0 Å². The molecule has 23 heavy (non-hydrogen) atoms. The summed E-state index contributed by atoms with van der Waals surface area (Å²) in [5, 5.41) is 18.2. The Hall–Kier alpha value is -1.61. The van der Waals surface area contributed by atoms with Crippen LogP contribution in [0.3, 0.4) is 0 Å². The van der Waals surface area contributed by atoms with Crippen molar-refractivity contribution in [3.8, 4) is 0 Å². The zero-order valence-corrected chi connectivity index (χ0v) is 14.4. The summed E-state index contributed by atoms with van der Waals surface area (Å²) < 4.78 is 0. The molecule has 0 aromatic rings. The molecule has 130 valence electrons. The largest absolute Gasteiger partial charge is 0.481 e. The van der Waals surface area contributed by atoms with Crippen molar-refractivity contribution in [1.82, 2.24) is 0 Å². The average molecular weight is 320 g/mol. The molecule has 0 aliphatic carbocycles. The maximum absolute atomic E-state index is 10.3. The number of carboxylic acids is 1. The van der Waals surface area contributed by atoms with Gasteiger partial charge in [0.2, 0.25) is 0 Å². The van der Waals surface area contributed by atoms with Gasteiger partial charge in [0.15, 0.2) is 0 Å². The van der Waals surface area contributed by atoms with E-state index in [0.29, 0.717) is 6.42 Å². The summed E-state index contributed by atoms with van der Waals surface area (Å²) in [6.45, 7) is 2.16. The highest BCUT2D eigenvalue weighted by Crippen LogP contribution is 2.04. The Kier molecular flexibility index (Phi) is 15.6. The van der Waals surface area contributed by atoms with Crippen LogP contribution < -0.4 is 0 Å². The van der Waals surface area contributed by atoms with Crippen molar-refractivity contribution in [2.45, 2.75) is 70.8 Å². The van der Waals surface area contributed by atoms with E-state index in [9.17, 15) is 9.90 Å². The summed E-state index contributed by atoms with van der Waals surface area (Å²) in [6, 6.07) is 0. The van der Waals surface area contributed by atoms with Crippen molar-refractivity contribution < 1.29 is 15.0 Å². The maximum atomic E-state index is 10.3. The van der Waals surface area contributed by atoms with Crippen LogP contribution in [0.5, 0.6) is 0 Å². The summed E-state index contributed by atoms with van der Waals surface area (Å²) >= 11 is 0. The van der Waals surface area contributed by atoms with Gasteiger partial charge in [-0.25, -0.2) is 0 Å². The van der Waals surface area contributed by atoms with E-state index in [0.717, 1.165) is 32.1 Å². The molecule has 0 radical (unpaired) electrons. The zero-order valence-electron chi connectivity index (χ0n) is 14.4. The fraction of sp³-hybridized carbons (Fsp3) is 0.550. The van der Waals surface area contributed by atoms with Crippen LogP contribution in [-0.2, 0) is 4.79 Å². The van der Waals surface area contributed by atoms with Gasteiger partial charge < -0.3 is 10.2 Å². The van der Waals surface area contributed by atoms with Crippen LogP contribution in [0.2, 0.25) is 0 Å². The first-order valence-electron chi connectivity index (χ1n) is 8.70. The van der Waals surface area contributed by atoms with Crippen LogP contribution in [0.4, 0.5) is 0 Å². The van der Waals surface area contributed by atoms with Gasteiger partial charge in [0.1, 0.15) is 0 Å². The van der Waals surface area contributed by atoms with E-state index < -0.39 is 5.97 Å². The van der Waals surface area contributed by atoms with Crippen LogP contribution in [-0.4, -0.2) is 22.3 Å². The second-order valence-corrected chi connectivity index (χ2v) is 5.58. The fourth-order valence-corrected chi connectivity index (χ4v) is 1.98. The molecular formula is C20H32O3. The maximum Gasteiger partial charge on any atom is 0.303 e. The normalized spacial score (nSPS) is 13.8. The van der Waals surface area contributed by atoms with Crippen molar-refractivity contribution in [1.29, 1.82) is 0 Å². The molecule has 0 aliphatic rings. The second-order valence-electron chi connectivity index (χ2n) is 5.58. The lowest BCUT2D eigenvalue weighted by molar-refractivity contribution is -0.137. The van der Waals surface area contributed by atoms with Crippen LogP contribution in [0.15, 0.2) is 48.6 Å². The molecular weight excluding hydrogens is 288 g/mol. The van der Waals surface area contributed by atoms with Crippen LogP contribution in [0.1, 0.15) is 64.7 Å². The quantitative estimate of drug-likeness (QED) is 0.263. The van der Waals surface area contributed by atoms with E-state index in [2.05, 4.69) is 31.2 Å². The van der Waals surface area contributed by atoms with Gasteiger partial charge in [-0.1, -0.05) is 74.8 Å². The smallest absolute Gasteiger partial charge is 0.303 e. The monoisotopic (exact) mass is 320 g/mol. The number of carbonyl (C=O) groups is 1. The number of unbranched alkanes of at least 4 members (excludes halogenated alkanes) is 3. The molecule has 1 unspecified atom stereocenters. The molecule has 1 atom stereocenters. The van der Waals surface area contributed by atoms with Crippen molar-refractivity contribution in [2.75, 3.05) is 0 Å². The average Bonchev–Trinajstić information content (AvgIpc) is 2.51. The van der Waals surface area contributed by atoms with Gasteiger partial charge in [-0.2, -0.15) is 0 Å². The molecule has 0 aromatic heterocycles. The number of aliphatic carboxylic acids is 1. The third-order valence-corrected chi connectivity index (χ3v) is 3.32. The van der Waals surface area contributed by atoms with Crippen LogP contribution in [0, 0.1) is 0 Å². The first-order valence-corrected chi connectivity index (χ1v) is 8.70. The minimum atomic E-state index is -0.729. The van der Waals surface area contributed by atoms with E-state index in [1.807, 2.05) is 24.3 Å². The van der Waals surface area contributed by atoms with Gasteiger partial charge in [-0.15, -0.1) is 0 Å². The highest BCUT2D eigenvalue weighted by molar-refractivity contribution is 5.66. The molecule has 0 saturated heterocycles. The lowest BCUT2D eigenvalue weighted by Crippen LogP contribution is -2.00. The molecule has 0 spiro atoms. The standard InChI is InChI=1S/C20H32O3/c1-2-3-13-16-19(21)17-14-11-9-7-5-4-6-8-10-12-15-18-20(22)23/h4-5,8-11,14,17,19,21H,2-3,6-7,12-13,15-16,18H2,1H3,(H,22,23)/b5-4+,10-8-,11-9-,17-14+. The van der Waals surface area contributed by atoms with Gasteiger partial charge in [0.05, 0.1) is 6.10 Å². The van der Waals surface area contributed by atoms with Gasteiger partial charge >= 0.3 is 5.97 Å². The molecule has 3 nitrogen and oxygen atoms in total. The second kappa shape index (κ2) is 16.8. The lowest BCUT2D eigenvalue weighted by atomic mass is 10.1. The van der Waals surface area contributed by atoms with E-state index in [1.54, 1.807) is 0 Å². The van der Waals surface area contributed by atoms with Crippen molar-refractivity contribution in [2.24, 2.45) is 0 Å². The van der Waals surface area contributed by atoms with E-state index in [-0.39, 0.29) is 12.5 Å². The Labute approximate surface area is 141 Å². The Morgan fingerprint density at radius 2 is 1.65 bits per heavy atom. The summed E-state index contributed by atoms with van der Waals surface area (Å²) in [6.07, 6.45) is 23.6. The summed E-state index contributed by atoms with van der Waals surface area (Å²) in [7, 11) is 0. The number of aliphatic hydroxyl groups excluding tert-OH is 1. The molecule has 0 heterocycles. The van der Waals surface area contributed by atoms with Crippen LogP contribution in [0.25, 0.3) is 0 Å². The summed E-state index contributed by atoms with van der Waals surface area (Å²) in [5.41, 5.74) is 0. The highest BCUT2D eigenvalue weighted by Gasteiger charge is 1.96. The molecule has 0 aliphatic heterocycles. The molecule has 3 heteroatoms. The topological polar surface area (TPSA) is 57.5 Å². The highest BCUT2D eigenvalue weighted by atomic mass is 16.4. The summed E-state index contributed by atoms with van der Waals surface area (Å²) in [4.78, 5) is 10.3. The number of carboxylic acid groups (broad SMARTS) is 1. The lowest BCUT2D eigenvalue weighted by Gasteiger charge is -2.02. The Morgan fingerprint density at radius 1 is 0.957 bits per heavy atom. The number of hydrogen-bond acceptors (Lipinski definition) is 2. The molecule has 0 fully saturated rings. The molecule has 2 N–H and O–H groups in total. The minimum absolute atomic E-state index is 0.242. The molecule has 0 saturated carbocycles. The minimum Gasteiger partial charge on any atom is -0.481 e. The number of aliphatic hydroxyl groups is 1. The number of hydrogen-bond donors (Lipinski definition) is 2. The third-order valence-electron chi connectivity index (χ3n) is 3.32. The van der Waals surface area contributed by atoms with E-state index in [1.165, 1.54) is 12.8 Å². The zero-order chi connectivity index (χ0) is 17.2. The predicted molar refractivity (Wildman–Crippen MR) is 97.4 cm³/mol. The van der Waals surface area contributed by atoms with Crippen molar-refractivity contribution in [3.05, 3.63) is 48.6 Å². The molecule has 0 bridgehead atoms. The molecule has 0 aromatic carbocycles. The van der Waals surface area contributed by atoms with Gasteiger partial charge in [0, 0.05) is 6.42 Å². The number of rotatable bonds is 14. The third kappa shape index (κ3) is 18.3. The van der Waals surface area contributed by atoms with Gasteiger partial charge in [0.25, 0.3) is 0 Å². The first kappa shape index (κ1) is 21.4. The predicted octanol–water partition coefficient (Wildman–Crippen LogP) is 5.19. The van der Waals surface area contributed by atoms with E-state index >= 15 is 0 Å². The molecule has 0 rings (SSSR count). The Bertz CT molecular complexity index is 392. The SMILES string of the molecule is CCCCCC(O)/C=C/C=C\C/C=C/C/C=C\CCCC(=O)O. The summed E-state index contributed by atoms with van der Waals surface area (Å²) in [5.74, 6) is -0.729. The molecule has 0 amide bonds. The van der Waals surface area contributed by atoms with Gasteiger partial charge in [-0.05, 0) is 32.1 Å². The van der Waals surface area contributed by atoms with Gasteiger partial charge in [-0.3, -0.25) is 4.79 Å². The van der Waals surface area contributed by atoms with Crippen molar-refractivity contribution >= 4 is 5.97 Å². The number of allylic oxidation sites excluding steroid dienone is 7. The fourth-order valence-electron chi connectivity index (χ4n) is 1.98. The first-order chi connectivity index (χ1) is 11.2. The Balaban J connectivity index is 3.57. The van der Waals surface area contributed by atoms with Crippen molar-refractivity contribution in [3.63, 3.8) is 0 Å². The van der Waals surface area contributed by atoms with E-state index in [4.69, 9.17) is 5.11 Å². The Morgan fingerprint density at radius 3 is 2.35 bits per heavy atom.